The fraction of sp³-hybridized carbons (Fsp3) is 0.933. The highest BCUT2D eigenvalue weighted by Crippen LogP contribution is 2.17. The minimum Gasteiger partial charge on any atom is -0.370 e. The van der Waals surface area contributed by atoms with Crippen LogP contribution in [0.4, 0.5) is 0 Å². The van der Waals surface area contributed by atoms with E-state index in [1.54, 1.807) is 0 Å². The van der Waals surface area contributed by atoms with Crippen molar-refractivity contribution in [3.63, 3.8) is 0 Å². The zero-order valence-corrected chi connectivity index (χ0v) is 16.0. The largest absolute Gasteiger partial charge is 0.370 e. The fourth-order valence-corrected chi connectivity index (χ4v) is 2.98. The lowest BCUT2D eigenvalue weighted by Crippen LogP contribution is -2.43. The number of likely N-dealkylation sites (tertiary alicyclic amines) is 1. The third-order valence-electron chi connectivity index (χ3n) is 4.38. The molecule has 5 heteroatoms. The van der Waals surface area contributed by atoms with Gasteiger partial charge >= 0.3 is 0 Å². The van der Waals surface area contributed by atoms with Gasteiger partial charge in [0.05, 0.1) is 6.54 Å². The number of aliphatic imine (C=N–C) groups is 1. The summed E-state index contributed by atoms with van der Waals surface area (Å²) in [5.74, 6) is 1.45. The SMILES string of the molecule is CCC(CC)C(CN=C(N)N1CCCCC1)N(C)C.I. The number of hydrogen-bond acceptors (Lipinski definition) is 2. The Morgan fingerprint density at radius 3 is 2.15 bits per heavy atom. The van der Waals surface area contributed by atoms with Gasteiger partial charge in [0.1, 0.15) is 0 Å². The number of nitrogens with two attached hydrogens (primary N) is 1. The van der Waals surface area contributed by atoms with E-state index in [1.165, 1.54) is 32.1 Å². The van der Waals surface area contributed by atoms with Crippen molar-refractivity contribution >= 4 is 29.9 Å². The number of guanidine groups is 1. The van der Waals surface area contributed by atoms with Crippen LogP contribution in [0.15, 0.2) is 4.99 Å². The molecule has 4 nitrogen and oxygen atoms in total. The number of hydrogen-bond donors (Lipinski definition) is 1. The number of rotatable bonds is 6. The number of likely N-dealkylation sites (N-methyl/N-ethyl adjacent to an activating group) is 1. The summed E-state index contributed by atoms with van der Waals surface area (Å²) in [7, 11) is 4.30. The normalized spacial score (nSPS) is 18.3. The second-order valence-electron chi connectivity index (χ2n) is 5.85. The smallest absolute Gasteiger partial charge is 0.191 e. The molecule has 0 amide bonds. The van der Waals surface area contributed by atoms with Crippen molar-refractivity contribution in [2.45, 2.75) is 52.0 Å². The van der Waals surface area contributed by atoms with Crippen LogP contribution >= 0.6 is 24.0 Å². The molecule has 0 aromatic carbocycles. The van der Waals surface area contributed by atoms with E-state index in [4.69, 9.17) is 5.73 Å². The van der Waals surface area contributed by atoms with Gasteiger partial charge in [-0.3, -0.25) is 4.99 Å². The average molecular weight is 396 g/mol. The molecule has 0 radical (unpaired) electrons. The lowest BCUT2D eigenvalue weighted by Gasteiger charge is -2.31. The Bertz CT molecular complexity index is 271. The minimum atomic E-state index is 0. The molecule has 0 aliphatic carbocycles. The van der Waals surface area contributed by atoms with Crippen LogP contribution in [0.5, 0.6) is 0 Å². The molecule has 1 heterocycles. The number of nitrogens with zero attached hydrogens (tertiary/aromatic N) is 3. The summed E-state index contributed by atoms with van der Waals surface area (Å²) in [6.07, 6.45) is 6.24. The van der Waals surface area contributed by atoms with Gasteiger partial charge in [0.15, 0.2) is 5.96 Å². The molecule has 1 saturated heterocycles. The molecule has 1 unspecified atom stereocenters. The Morgan fingerprint density at radius 1 is 1.15 bits per heavy atom. The van der Waals surface area contributed by atoms with Crippen LogP contribution in [0, 0.1) is 5.92 Å². The van der Waals surface area contributed by atoms with Crippen LogP contribution < -0.4 is 5.73 Å². The first-order valence-electron chi connectivity index (χ1n) is 7.81. The summed E-state index contributed by atoms with van der Waals surface area (Å²) in [4.78, 5) is 9.20. The van der Waals surface area contributed by atoms with Crippen molar-refractivity contribution in [1.82, 2.24) is 9.80 Å². The zero-order chi connectivity index (χ0) is 14.3. The highest BCUT2D eigenvalue weighted by Gasteiger charge is 2.21. The van der Waals surface area contributed by atoms with E-state index < -0.39 is 0 Å². The summed E-state index contributed by atoms with van der Waals surface area (Å²) in [5, 5.41) is 0. The highest BCUT2D eigenvalue weighted by molar-refractivity contribution is 14.0. The van der Waals surface area contributed by atoms with Crippen LogP contribution in [0.2, 0.25) is 0 Å². The van der Waals surface area contributed by atoms with Crippen molar-refractivity contribution in [2.24, 2.45) is 16.6 Å². The van der Waals surface area contributed by atoms with Crippen molar-refractivity contribution < 1.29 is 0 Å². The fourth-order valence-electron chi connectivity index (χ4n) is 2.98. The number of piperidine rings is 1. The lowest BCUT2D eigenvalue weighted by atomic mass is 9.93. The second-order valence-corrected chi connectivity index (χ2v) is 5.85. The standard InChI is InChI=1S/C15H32N4.HI/c1-5-13(6-2)14(18(3)4)12-17-15(16)19-10-8-7-9-11-19;/h13-14H,5-12H2,1-4H3,(H2,16,17);1H. The summed E-state index contributed by atoms with van der Waals surface area (Å²) >= 11 is 0. The molecule has 1 aliphatic rings. The molecular formula is C15H33IN4. The Labute approximate surface area is 142 Å². The molecule has 0 aromatic heterocycles. The van der Waals surface area contributed by atoms with Gasteiger partial charge in [-0.05, 0) is 39.3 Å². The van der Waals surface area contributed by atoms with E-state index >= 15 is 0 Å². The molecule has 2 N–H and O–H groups in total. The Balaban J connectivity index is 0.00000361. The van der Waals surface area contributed by atoms with E-state index in [1.807, 2.05) is 0 Å². The molecule has 1 fully saturated rings. The summed E-state index contributed by atoms with van der Waals surface area (Å²) < 4.78 is 0. The Hall–Kier alpha value is -0.0400. The molecule has 1 rings (SSSR count). The first-order valence-corrected chi connectivity index (χ1v) is 7.81. The van der Waals surface area contributed by atoms with Gasteiger partial charge in [0.2, 0.25) is 0 Å². The van der Waals surface area contributed by atoms with E-state index in [2.05, 4.69) is 42.7 Å². The van der Waals surface area contributed by atoms with Gasteiger partial charge in [-0.2, -0.15) is 0 Å². The third kappa shape index (κ3) is 6.16. The maximum atomic E-state index is 6.14. The van der Waals surface area contributed by atoms with Gasteiger partial charge < -0.3 is 15.5 Å². The van der Waals surface area contributed by atoms with Gasteiger partial charge in [0, 0.05) is 19.1 Å². The summed E-state index contributed by atoms with van der Waals surface area (Å²) in [5.41, 5.74) is 6.14. The highest BCUT2D eigenvalue weighted by atomic mass is 127. The maximum absolute atomic E-state index is 6.14. The van der Waals surface area contributed by atoms with E-state index in [0.717, 1.165) is 25.6 Å². The molecule has 0 aromatic rings. The van der Waals surface area contributed by atoms with Crippen LogP contribution in [0.1, 0.15) is 46.0 Å². The third-order valence-corrected chi connectivity index (χ3v) is 4.38. The van der Waals surface area contributed by atoms with E-state index in [0.29, 0.717) is 12.0 Å². The van der Waals surface area contributed by atoms with Crippen molar-refractivity contribution in [1.29, 1.82) is 0 Å². The predicted octanol–water partition coefficient (Wildman–Crippen LogP) is 2.77. The first kappa shape index (κ1) is 20.0. The number of halogens is 1. The van der Waals surface area contributed by atoms with Gasteiger partial charge in [-0.15, -0.1) is 24.0 Å². The molecule has 0 spiro atoms. The monoisotopic (exact) mass is 396 g/mol. The molecule has 1 atom stereocenters. The van der Waals surface area contributed by atoms with E-state index in [-0.39, 0.29) is 24.0 Å². The Morgan fingerprint density at radius 2 is 1.70 bits per heavy atom. The zero-order valence-electron chi connectivity index (χ0n) is 13.6. The summed E-state index contributed by atoms with van der Waals surface area (Å²) in [6.45, 7) is 7.51. The summed E-state index contributed by atoms with van der Waals surface area (Å²) in [6, 6.07) is 0.498. The van der Waals surface area contributed by atoms with Crippen LogP contribution in [-0.4, -0.2) is 55.5 Å². The van der Waals surface area contributed by atoms with Crippen molar-refractivity contribution in [3.05, 3.63) is 0 Å². The molecular weight excluding hydrogens is 363 g/mol. The Kier molecular flexibility index (Phi) is 10.6. The van der Waals surface area contributed by atoms with E-state index in [9.17, 15) is 0 Å². The molecule has 1 aliphatic heterocycles. The van der Waals surface area contributed by atoms with Crippen molar-refractivity contribution in [3.8, 4) is 0 Å². The molecule has 20 heavy (non-hydrogen) atoms. The lowest BCUT2D eigenvalue weighted by molar-refractivity contribution is 0.205. The van der Waals surface area contributed by atoms with Gasteiger partial charge in [-0.1, -0.05) is 26.7 Å². The molecule has 0 bridgehead atoms. The van der Waals surface area contributed by atoms with Crippen LogP contribution in [0.25, 0.3) is 0 Å². The van der Waals surface area contributed by atoms with Gasteiger partial charge in [0.25, 0.3) is 0 Å². The molecule has 120 valence electrons. The maximum Gasteiger partial charge on any atom is 0.191 e. The second kappa shape index (κ2) is 10.7. The average Bonchev–Trinajstić information content (AvgIpc) is 2.43. The van der Waals surface area contributed by atoms with Crippen LogP contribution in [-0.2, 0) is 0 Å². The topological polar surface area (TPSA) is 44.9 Å². The predicted molar refractivity (Wildman–Crippen MR) is 98.9 cm³/mol. The molecule has 0 saturated carbocycles. The van der Waals surface area contributed by atoms with Crippen LogP contribution in [0.3, 0.4) is 0 Å². The van der Waals surface area contributed by atoms with Crippen molar-refractivity contribution in [2.75, 3.05) is 33.7 Å². The quantitative estimate of drug-likeness (QED) is 0.427. The minimum absolute atomic E-state index is 0. The van der Waals surface area contributed by atoms with Gasteiger partial charge in [-0.25, -0.2) is 0 Å². The first-order chi connectivity index (χ1) is 9.10.